The van der Waals surface area contributed by atoms with Crippen LogP contribution in [0.2, 0.25) is 0 Å². The van der Waals surface area contributed by atoms with Crippen LogP contribution in [0.15, 0.2) is 26.7 Å². The number of aliphatic hydroxyl groups is 1. The molecule has 2 rings (SSSR count). The van der Waals surface area contributed by atoms with Crippen LogP contribution in [-0.4, -0.2) is 20.5 Å². The van der Waals surface area contributed by atoms with E-state index in [-0.39, 0.29) is 6.54 Å². The zero-order valence-electron chi connectivity index (χ0n) is 10.4. The molecular weight excluding hydrogens is 252 g/mol. The molecular formula is C12H16N2O3S. The summed E-state index contributed by atoms with van der Waals surface area (Å²) in [5.41, 5.74) is -0.909. The van der Waals surface area contributed by atoms with Crippen molar-refractivity contribution in [3.63, 3.8) is 0 Å². The van der Waals surface area contributed by atoms with Crippen LogP contribution in [0.1, 0.15) is 26.7 Å². The van der Waals surface area contributed by atoms with Crippen molar-refractivity contribution in [1.29, 1.82) is 0 Å². The van der Waals surface area contributed by atoms with E-state index in [1.165, 1.54) is 16.0 Å². The molecule has 0 spiro atoms. The second-order valence-corrected chi connectivity index (χ2v) is 5.19. The smallest absolute Gasteiger partial charge is 0.388 e. The summed E-state index contributed by atoms with van der Waals surface area (Å²) < 4.78 is 6.29. The molecule has 0 aliphatic rings. The monoisotopic (exact) mass is 268 g/mol. The molecule has 2 heterocycles. The molecule has 2 aromatic rings. The quantitative estimate of drug-likeness (QED) is 0.901. The highest BCUT2D eigenvalue weighted by Gasteiger charge is 2.25. The normalized spacial score (nSPS) is 11.9. The molecule has 0 unspecified atom stereocenters. The molecule has 2 aromatic heterocycles. The minimum Gasteiger partial charge on any atom is -0.388 e. The maximum atomic E-state index is 11.7. The van der Waals surface area contributed by atoms with E-state index < -0.39 is 11.4 Å². The Balaban J connectivity index is 2.28. The third-order valence-corrected chi connectivity index (χ3v) is 3.96. The third kappa shape index (κ3) is 2.54. The summed E-state index contributed by atoms with van der Waals surface area (Å²) in [6.07, 6.45) is 1.13. The minimum atomic E-state index is -0.909. The van der Waals surface area contributed by atoms with Crippen molar-refractivity contribution < 1.29 is 9.52 Å². The summed E-state index contributed by atoms with van der Waals surface area (Å²) in [4.78, 5) is 12.5. The molecule has 0 fully saturated rings. The van der Waals surface area contributed by atoms with Gasteiger partial charge in [0.1, 0.15) is 0 Å². The summed E-state index contributed by atoms with van der Waals surface area (Å²) in [5.74, 6) is -0.219. The van der Waals surface area contributed by atoms with Crippen LogP contribution in [0.3, 0.4) is 0 Å². The van der Waals surface area contributed by atoms with Crippen molar-refractivity contribution in [2.75, 3.05) is 0 Å². The van der Waals surface area contributed by atoms with Gasteiger partial charge in [-0.05, 0) is 24.3 Å². The molecule has 0 aliphatic carbocycles. The summed E-state index contributed by atoms with van der Waals surface area (Å²) in [7, 11) is 0. The maximum absolute atomic E-state index is 11.7. The topological polar surface area (TPSA) is 68.3 Å². The first-order valence-corrected chi connectivity index (χ1v) is 6.80. The molecule has 0 bridgehead atoms. The summed E-state index contributed by atoms with van der Waals surface area (Å²) >= 11 is 1.46. The van der Waals surface area contributed by atoms with Gasteiger partial charge in [0.2, 0.25) is 0 Å². The molecule has 18 heavy (non-hydrogen) atoms. The number of rotatable bonds is 5. The van der Waals surface area contributed by atoms with E-state index in [9.17, 15) is 9.90 Å². The highest BCUT2D eigenvalue weighted by atomic mass is 32.1. The van der Waals surface area contributed by atoms with E-state index in [0.29, 0.717) is 18.7 Å². The maximum Gasteiger partial charge on any atom is 0.437 e. The van der Waals surface area contributed by atoms with Crippen molar-refractivity contribution in [3.05, 3.63) is 28.1 Å². The Hall–Kier alpha value is -1.40. The Bertz CT molecular complexity index is 552. The molecule has 0 radical (unpaired) electrons. The predicted molar refractivity (Wildman–Crippen MR) is 69.6 cm³/mol. The van der Waals surface area contributed by atoms with Gasteiger partial charge in [-0.2, -0.15) is 4.68 Å². The second kappa shape index (κ2) is 5.07. The molecule has 0 saturated heterocycles. The van der Waals surface area contributed by atoms with Crippen LogP contribution in [0.5, 0.6) is 0 Å². The van der Waals surface area contributed by atoms with Crippen molar-refractivity contribution in [3.8, 4) is 10.8 Å². The summed E-state index contributed by atoms with van der Waals surface area (Å²) in [5, 5.41) is 16.2. The first-order chi connectivity index (χ1) is 8.58. The number of hydrogen-bond donors (Lipinski definition) is 1. The third-order valence-electron chi connectivity index (χ3n) is 3.10. The lowest BCUT2D eigenvalue weighted by Gasteiger charge is -2.23. The zero-order valence-corrected chi connectivity index (χ0v) is 11.2. The van der Waals surface area contributed by atoms with Crippen LogP contribution < -0.4 is 5.76 Å². The first-order valence-electron chi connectivity index (χ1n) is 5.92. The Kier molecular flexibility index (Phi) is 3.68. The Morgan fingerprint density at radius 3 is 2.78 bits per heavy atom. The lowest BCUT2D eigenvalue weighted by atomic mass is 9.98. The molecule has 0 saturated carbocycles. The Morgan fingerprint density at radius 2 is 2.22 bits per heavy atom. The van der Waals surface area contributed by atoms with Gasteiger partial charge >= 0.3 is 5.76 Å². The summed E-state index contributed by atoms with van der Waals surface area (Å²) in [6.45, 7) is 3.93. The predicted octanol–water partition coefficient (Wildman–Crippen LogP) is 2.12. The van der Waals surface area contributed by atoms with Crippen LogP contribution in [-0.2, 0) is 6.54 Å². The Morgan fingerprint density at radius 1 is 1.50 bits per heavy atom. The van der Waals surface area contributed by atoms with Gasteiger partial charge in [0.05, 0.1) is 17.0 Å². The Labute approximate surface area is 109 Å². The fourth-order valence-electron chi connectivity index (χ4n) is 1.66. The van der Waals surface area contributed by atoms with Gasteiger partial charge in [0, 0.05) is 0 Å². The van der Waals surface area contributed by atoms with Crippen molar-refractivity contribution >= 4 is 11.3 Å². The van der Waals surface area contributed by atoms with E-state index in [2.05, 4.69) is 5.10 Å². The average molecular weight is 268 g/mol. The van der Waals surface area contributed by atoms with Gasteiger partial charge in [0.15, 0.2) is 0 Å². The molecule has 0 atom stereocenters. The molecule has 0 aliphatic heterocycles. The minimum absolute atomic E-state index is 0.160. The van der Waals surface area contributed by atoms with Gasteiger partial charge in [-0.25, -0.2) is 4.79 Å². The average Bonchev–Trinajstić information content (AvgIpc) is 3.00. The van der Waals surface area contributed by atoms with Gasteiger partial charge in [-0.15, -0.1) is 16.4 Å². The van der Waals surface area contributed by atoms with Crippen LogP contribution in [0, 0.1) is 0 Å². The van der Waals surface area contributed by atoms with E-state index in [1.54, 1.807) is 0 Å². The second-order valence-electron chi connectivity index (χ2n) is 4.24. The SMILES string of the molecule is CCC(O)(CC)Cn1nc(-c2cccs2)oc1=O. The van der Waals surface area contributed by atoms with Crippen molar-refractivity contribution in [2.24, 2.45) is 0 Å². The molecule has 5 nitrogen and oxygen atoms in total. The fourth-order valence-corrected chi connectivity index (χ4v) is 2.30. The summed E-state index contributed by atoms with van der Waals surface area (Å²) in [6, 6.07) is 3.71. The fraction of sp³-hybridized carbons (Fsp3) is 0.500. The molecule has 6 heteroatoms. The van der Waals surface area contributed by atoms with Crippen molar-refractivity contribution in [1.82, 2.24) is 9.78 Å². The lowest BCUT2D eigenvalue weighted by Crippen LogP contribution is -2.36. The van der Waals surface area contributed by atoms with E-state index >= 15 is 0 Å². The molecule has 98 valence electrons. The van der Waals surface area contributed by atoms with Gasteiger partial charge in [0.25, 0.3) is 5.89 Å². The largest absolute Gasteiger partial charge is 0.437 e. The van der Waals surface area contributed by atoms with Gasteiger partial charge in [-0.1, -0.05) is 19.9 Å². The van der Waals surface area contributed by atoms with Crippen LogP contribution >= 0.6 is 11.3 Å². The lowest BCUT2D eigenvalue weighted by molar-refractivity contribution is 0.0102. The number of aromatic nitrogens is 2. The molecule has 0 amide bonds. The van der Waals surface area contributed by atoms with E-state index in [1.807, 2.05) is 31.4 Å². The first kappa shape index (κ1) is 13.0. The zero-order chi connectivity index (χ0) is 13.2. The molecule has 1 N–H and O–H groups in total. The number of hydrogen-bond acceptors (Lipinski definition) is 5. The highest BCUT2D eigenvalue weighted by molar-refractivity contribution is 7.13. The van der Waals surface area contributed by atoms with E-state index in [0.717, 1.165) is 4.88 Å². The highest BCUT2D eigenvalue weighted by Crippen LogP contribution is 2.22. The molecule has 0 aromatic carbocycles. The standard InChI is InChI=1S/C12H16N2O3S/c1-3-12(16,4-2)8-14-11(15)17-10(13-14)9-6-5-7-18-9/h5-7,16H,3-4,8H2,1-2H3. The van der Waals surface area contributed by atoms with Gasteiger partial charge < -0.3 is 9.52 Å². The van der Waals surface area contributed by atoms with Crippen LogP contribution in [0.25, 0.3) is 10.8 Å². The van der Waals surface area contributed by atoms with Crippen LogP contribution in [0.4, 0.5) is 0 Å². The van der Waals surface area contributed by atoms with E-state index in [4.69, 9.17) is 4.42 Å². The van der Waals surface area contributed by atoms with Gasteiger partial charge in [-0.3, -0.25) is 0 Å². The van der Waals surface area contributed by atoms with Crippen molar-refractivity contribution in [2.45, 2.75) is 38.8 Å². The number of thiophene rings is 1. The number of nitrogens with zero attached hydrogens (tertiary/aromatic N) is 2.